The highest BCUT2D eigenvalue weighted by Crippen LogP contribution is 2.26. The molecule has 32 heavy (non-hydrogen) atoms. The van der Waals surface area contributed by atoms with Gasteiger partial charge in [-0.25, -0.2) is 4.79 Å². The Labute approximate surface area is 182 Å². The second-order valence-corrected chi connectivity index (χ2v) is 7.45. The van der Waals surface area contributed by atoms with Gasteiger partial charge in [0.05, 0.1) is 12.0 Å². The number of hydrogen-bond acceptors (Lipinski definition) is 9. The zero-order chi connectivity index (χ0) is 23.4. The smallest absolute Gasteiger partial charge is 0.344 e. The van der Waals surface area contributed by atoms with E-state index in [-0.39, 0.29) is 6.54 Å². The predicted molar refractivity (Wildman–Crippen MR) is 114 cm³/mol. The summed E-state index contributed by atoms with van der Waals surface area (Å²) in [5.41, 5.74) is -0.177. The molecule has 3 rings (SSSR count). The fourth-order valence-corrected chi connectivity index (χ4v) is 3.26. The molecule has 0 saturated heterocycles. The summed E-state index contributed by atoms with van der Waals surface area (Å²) in [7, 11) is 1.36. The topological polar surface area (TPSA) is 161 Å². The highest BCUT2D eigenvalue weighted by Gasteiger charge is 2.31. The SMILES string of the molecule is CN(C[C@@H](O)[C@@H](O)[C@H](O)[C@H](O)CO)C(=O)COc1ccc2c(c1)oc(=O)c1ccccc12. The molecule has 172 valence electrons. The van der Waals surface area contributed by atoms with E-state index in [4.69, 9.17) is 14.3 Å². The molecular formula is C22H25NO9. The molecule has 1 aromatic heterocycles. The molecule has 3 aromatic rings. The number of hydrogen-bond donors (Lipinski definition) is 5. The molecule has 0 aliphatic heterocycles. The summed E-state index contributed by atoms with van der Waals surface area (Å²) in [4.78, 5) is 25.6. The molecule has 0 unspecified atom stereocenters. The Kier molecular flexibility index (Phi) is 7.44. The minimum Gasteiger partial charge on any atom is -0.484 e. The van der Waals surface area contributed by atoms with Gasteiger partial charge in [0.1, 0.15) is 35.7 Å². The van der Waals surface area contributed by atoms with Crippen LogP contribution in [0.1, 0.15) is 0 Å². The highest BCUT2D eigenvalue weighted by atomic mass is 16.5. The van der Waals surface area contributed by atoms with Crippen LogP contribution in [0.5, 0.6) is 5.75 Å². The Morgan fingerprint density at radius 2 is 1.66 bits per heavy atom. The Hall–Kier alpha value is -3.02. The number of aliphatic hydroxyl groups is 5. The van der Waals surface area contributed by atoms with E-state index in [9.17, 15) is 30.0 Å². The van der Waals surface area contributed by atoms with Crippen LogP contribution in [-0.4, -0.2) is 87.6 Å². The van der Waals surface area contributed by atoms with Crippen molar-refractivity contribution in [3.05, 3.63) is 52.9 Å². The van der Waals surface area contributed by atoms with Gasteiger partial charge in [-0.15, -0.1) is 0 Å². The van der Waals surface area contributed by atoms with Crippen LogP contribution in [0.3, 0.4) is 0 Å². The van der Waals surface area contributed by atoms with Gasteiger partial charge in [0.15, 0.2) is 6.61 Å². The molecule has 1 heterocycles. The molecule has 0 fully saturated rings. The summed E-state index contributed by atoms with van der Waals surface area (Å²) in [5.74, 6) is -0.242. The lowest BCUT2D eigenvalue weighted by molar-refractivity contribution is -0.139. The average Bonchev–Trinajstić information content (AvgIpc) is 2.80. The molecule has 1 amide bonds. The second-order valence-electron chi connectivity index (χ2n) is 7.45. The van der Waals surface area contributed by atoms with Crippen molar-refractivity contribution in [2.45, 2.75) is 24.4 Å². The van der Waals surface area contributed by atoms with Crippen LogP contribution in [-0.2, 0) is 4.79 Å². The number of benzene rings is 2. The van der Waals surface area contributed by atoms with Crippen LogP contribution in [0.25, 0.3) is 21.7 Å². The van der Waals surface area contributed by atoms with Gasteiger partial charge in [0.25, 0.3) is 5.91 Å². The molecule has 0 saturated carbocycles. The van der Waals surface area contributed by atoms with Crippen molar-refractivity contribution in [3.8, 4) is 5.75 Å². The maximum absolute atomic E-state index is 12.3. The summed E-state index contributed by atoms with van der Waals surface area (Å²) in [6, 6.07) is 11.9. The maximum atomic E-state index is 12.3. The van der Waals surface area contributed by atoms with Crippen LogP contribution < -0.4 is 10.4 Å². The van der Waals surface area contributed by atoms with Crippen LogP contribution in [0, 0.1) is 0 Å². The Morgan fingerprint density at radius 3 is 2.34 bits per heavy atom. The largest absolute Gasteiger partial charge is 0.484 e. The standard InChI is InChI=1S/C22H25NO9/c1-23(9-16(25)20(28)21(29)17(26)10-24)19(27)11-31-12-6-7-14-13-4-2-3-5-15(13)22(30)32-18(14)8-12/h2-8,16-17,20-21,24-26,28-29H,9-11H2,1H3/t16-,17-,20-,21-/m1/s1. The van der Waals surface area contributed by atoms with Gasteiger partial charge in [-0.3, -0.25) is 4.79 Å². The molecule has 5 N–H and O–H groups in total. The Morgan fingerprint density at radius 1 is 1.00 bits per heavy atom. The first-order chi connectivity index (χ1) is 15.2. The molecular weight excluding hydrogens is 422 g/mol. The fourth-order valence-electron chi connectivity index (χ4n) is 3.26. The molecule has 0 aliphatic carbocycles. The van der Waals surface area contributed by atoms with Crippen LogP contribution >= 0.6 is 0 Å². The van der Waals surface area contributed by atoms with Crippen molar-refractivity contribution < 1.29 is 39.5 Å². The third-order valence-corrected chi connectivity index (χ3v) is 5.17. The number of rotatable bonds is 9. The van der Waals surface area contributed by atoms with Crippen molar-refractivity contribution in [2.75, 3.05) is 26.8 Å². The molecule has 4 atom stereocenters. The molecule has 10 heteroatoms. The van der Waals surface area contributed by atoms with E-state index in [1.165, 1.54) is 13.1 Å². The first kappa shape index (κ1) is 23.6. The quantitative estimate of drug-likeness (QED) is 0.209. The van der Waals surface area contributed by atoms with Gasteiger partial charge in [-0.05, 0) is 23.6 Å². The predicted octanol–water partition coefficient (Wildman–Crippen LogP) is -0.781. The number of nitrogens with zero attached hydrogens (tertiary/aromatic N) is 1. The van der Waals surface area contributed by atoms with E-state index in [2.05, 4.69) is 0 Å². The van der Waals surface area contributed by atoms with Crippen LogP contribution in [0.15, 0.2) is 51.7 Å². The van der Waals surface area contributed by atoms with Crippen LogP contribution in [0.4, 0.5) is 0 Å². The molecule has 10 nitrogen and oxygen atoms in total. The maximum Gasteiger partial charge on any atom is 0.344 e. The first-order valence-corrected chi connectivity index (χ1v) is 9.88. The van der Waals surface area contributed by atoms with Crippen molar-refractivity contribution in [1.82, 2.24) is 4.90 Å². The normalized spacial score (nSPS) is 15.3. The zero-order valence-corrected chi connectivity index (χ0v) is 17.3. The number of carbonyl (C=O) groups is 1. The van der Waals surface area contributed by atoms with E-state index >= 15 is 0 Å². The van der Waals surface area contributed by atoms with E-state index in [0.717, 1.165) is 15.7 Å². The minimum atomic E-state index is -1.78. The summed E-state index contributed by atoms with van der Waals surface area (Å²) >= 11 is 0. The Bertz CT molecular complexity index is 1150. The lowest BCUT2D eigenvalue weighted by atomic mass is 10.0. The van der Waals surface area contributed by atoms with Crippen molar-refractivity contribution in [1.29, 1.82) is 0 Å². The summed E-state index contributed by atoms with van der Waals surface area (Å²) in [6.07, 6.45) is -6.75. The van der Waals surface area contributed by atoms with Crippen LogP contribution in [0.2, 0.25) is 0 Å². The van der Waals surface area contributed by atoms with Crippen molar-refractivity contribution in [3.63, 3.8) is 0 Å². The van der Waals surface area contributed by atoms with Gasteiger partial charge in [0, 0.05) is 25.0 Å². The number of likely N-dealkylation sites (N-methyl/N-ethyl adjacent to an activating group) is 1. The highest BCUT2D eigenvalue weighted by molar-refractivity contribution is 6.04. The summed E-state index contributed by atoms with van der Waals surface area (Å²) < 4.78 is 10.8. The minimum absolute atomic E-state index is 0.291. The summed E-state index contributed by atoms with van der Waals surface area (Å²) in [6.45, 7) is -1.54. The molecule has 2 aromatic carbocycles. The van der Waals surface area contributed by atoms with Crippen molar-refractivity contribution in [2.24, 2.45) is 0 Å². The van der Waals surface area contributed by atoms with E-state index < -0.39 is 49.2 Å². The zero-order valence-electron chi connectivity index (χ0n) is 17.3. The number of amides is 1. The molecule has 0 spiro atoms. The van der Waals surface area contributed by atoms with Gasteiger partial charge in [-0.1, -0.05) is 18.2 Å². The summed E-state index contributed by atoms with van der Waals surface area (Å²) in [5, 5.41) is 49.6. The monoisotopic (exact) mass is 447 g/mol. The third-order valence-electron chi connectivity index (χ3n) is 5.17. The number of fused-ring (bicyclic) bond motifs is 3. The van der Waals surface area contributed by atoms with Gasteiger partial charge in [0.2, 0.25) is 0 Å². The molecule has 0 radical (unpaired) electrons. The Balaban J connectivity index is 1.64. The molecule has 0 aliphatic rings. The first-order valence-electron chi connectivity index (χ1n) is 9.88. The van der Waals surface area contributed by atoms with Gasteiger partial charge < -0.3 is 39.6 Å². The fraction of sp³-hybridized carbons (Fsp3) is 0.364. The number of ether oxygens (including phenoxy) is 1. The second kappa shape index (κ2) is 10.1. The van der Waals surface area contributed by atoms with Gasteiger partial charge in [-0.2, -0.15) is 0 Å². The molecule has 0 bridgehead atoms. The lowest BCUT2D eigenvalue weighted by Gasteiger charge is -2.28. The van der Waals surface area contributed by atoms with Crippen molar-refractivity contribution >= 4 is 27.6 Å². The van der Waals surface area contributed by atoms with E-state index in [1.807, 2.05) is 12.1 Å². The number of carbonyl (C=O) groups excluding carboxylic acids is 1. The lowest BCUT2D eigenvalue weighted by Crippen LogP contribution is -2.50. The van der Waals surface area contributed by atoms with E-state index in [1.54, 1.807) is 24.3 Å². The van der Waals surface area contributed by atoms with Gasteiger partial charge >= 0.3 is 5.63 Å². The van der Waals surface area contributed by atoms with E-state index in [0.29, 0.717) is 16.7 Å². The third kappa shape index (κ3) is 5.06. The average molecular weight is 447 g/mol. The number of aliphatic hydroxyl groups excluding tert-OH is 5.